The van der Waals surface area contributed by atoms with E-state index in [0.717, 1.165) is 11.8 Å². The van der Waals surface area contributed by atoms with Gasteiger partial charge in [0, 0.05) is 11.0 Å². The molecule has 8 nitrogen and oxygen atoms in total. The Bertz CT molecular complexity index is 947. The lowest BCUT2D eigenvalue weighted by Crippen LogP contribution is -2.44. The molecule has 0 radical (unpaired) electrons. The van der Waals surface area contributed by atoms with Crippen LogP contribution in [0.4, 0.5) is 0 Å². The van der Waals surface area contributed by atoms with Crippen molar-refractivity contribution in [2.75, 3.05) is 21.3 Å². The Labute approximate surface area is 179 Å². The van der Waals surface area contributed by atoms with E-state index in [2.05, 4.69) is 5.32 Å². The summed E-state index contributed by atoms with van der Waals surface area (Å²) in [7, 11) is 4.39. The highest BCUT2D eigenvalue weighted by Crippen LogP contribution is 2.38. The van der Waals surface area contributed by atoms with E-state index in [9.17, 15) is 14.4 Å². The molecule has 2 rings (SSSR count). The van der Waals surface area contributed by atoms with Gasteiger partial charge in [-0.05, 0) is 36.4 Å². The summed E-state index contributed by atoms with van der Waals surface area (Å²) < 4.78 is 15.8. The standard InChI is InChI=1S/C21H24N2O6S/c1-5-14(19(22)24)23-20(25)12-8-6-7-9-18(12)30-21(26)13-10-16(28-3)17(29-4)11-15(13)27-2/h6-11,14H,5H2,1-4H3,(H2,22,24)(H,23,25)/t14-/m0/s1. The van der Waals surface area contributed by atoms with Gasteiger partial charge < -0.3 is 25.3 Å². The zero-order valence-electron chi connectivity index (χ0n) is 17.2. The van der Waals surface area contributed by atoms with Gasteiger partial charge in [0.05, 0.1) is 32.5 Å². The fourth-order valence-corrected chi connectivity index (χ4v) is 3.58. The maximum absolute atomic E-state index is 13.0. The second-order valence-corrected chi connectivity index (χ2v) is 7.14. The maximum atomic E-state index is 13.0. The number of primary amides is 1. The number of hydrogen-bond acceptors (Lipinski definition) is 7. The molecule has 30 heavy (non-hydrogen) atoms. The molecule has 160 valence electrons. The Kier molecular flexibility index (Phi) is 8.11. The van der Waals surface area contributed by atoms with E-state index in [4.69, 9.17) is 19.9 Å². The van der Waals surface area contributed by atoms with Gasteiger partial charge in [-0.25, -0.2) is 0 Å². The molecule has 0 saturated carbocycles. The number of hydrogen-bond donors (Lipinski definition) is 2. The lowest BCUT2D eigenvalue weighted by molar-refractivity contribution is -0.119. The first-order valence-corrected chi connectivity index (χ1v) is 9.89. The number of benzene rings is 2. The zero-order chi connectivity index (χ0) is 22.3. The number of thioether (sulfide) groups is 1. The summed E-state index contributed by atoms with van der Waals surface area (Å²) in [6.07, 6.45) is 0.359. The van der Waals surface area contributed by atoms with Crippen molar-refractivity contribution in [2.24, 2.45) is 5.73 Å². The van der Waals surface area contributed by atoms with Crippen LogP contribution in [0, 0.1) is 0 Å². The number of nitrogens with one attached hydrogen (secondary N) is 1. The van der Waals surface area contributed by atoms with Crippen LogP contribution in [0.2, 0.25) is 0 Å². The Morgan fingerprint density at radius 3 is 2.13 bits per heavy atom. The summed E-state index contributed by atoms with van der Waals surface area (Å²) in [5, 5.41) is 2.24. The first-order chi connectivity index (χ1) is 14.4. The van der Waals surface area contributed by atoms with E-state index < -0.39 is 17.9 Å². The van der Waals surface area contributed by atoms with Crippen LogP contribution in [0.3, 0.4) is 0 Å². The van der Waals surface area contributed by atoms with Crippen LogP contribution in [-0.2, 0) is 4.79 Å². The van der Waals surface area contributed by atoms with Gasteiger partial charge >= 0.3 is 0 Å². The monoisotopic (exact) mass is 432 g/mol. The molecule has 0 aliphatic carbocycles. The third kappa shape index (κ3) is 5.24. The fraction of sp³-hybridized carbons (Fsp3) is 0.286. The van der Waals surface area contributed by atoms with E-state index in [0.29, 0.717) is 28.6 Å². The molecule has 2 amide bonds. The third-order valence-electron chi connectivity index (χ3n) is 4.32. The van der Waals surface area contributed by atoms with E-state index in [1.54, 1.807) is 37.3 Å². The zero-order valence-corrected chi connectivity index (χ0v) is 18.0. The number of rotatable bonds is 9. The van der Waals surface area contributed by atoms with Gasteiger partial charge in [-0.2, -0.15) is 0 Å². The summed E-state index contributed by atoms with van der Waals surface area (Å²) >= 11 is 0.865. The lowest BCUT2D eigenvalue weighted by Gasteiger charge is -2.16. The number of methoxy groups -OCH3 is 3. The number of nitrogens with two attached hydrogens (primary N) is 1. The minimum absolute atomic E-state index is 0.259. The number of ether oxygens (including phenoxy) is 3. The fourth-order valence-electron chi connectivity index (χ4n) is 2.70. The highest BCUT2D eigenvalue weighted by Gasteiger charge is 2.23. The molecule has 0 bridgehead atoms. The van der Waals surface area contributed by atoms with Gasteiger partial charge in [0.25, 0.3) is 5.91 Å². The largest absolute Gasteiger partial charge is 0.496 e. The number of carbonyl (C=O) groups is 3. The Morgan fingerprint density at radius 1 is 0.967 bits per heavy atom. The van der Waals surface area contributed by atoms with Crippen molar-refractivity contribution in [3.8, 4) is 17.2 Å². The third-order valence-corrected chi connectivity index (χ3v) is 5.30. The molecule has 1 atom stereocenters. The lowest BCUT2D eigenvalue weighted by atomic mass is 10.1. The molecule has 0 saturated heterocycles. The molecule has 0 heterocycles. The molecule has 2 aromatic rings. The highest BCUT2D eigenvalue weighted by molar-refractivity contribution is 8.14. The van der Waals surface area contributed by atoms with E-state index in [1.807, 2.05) is 0 Å². The summed E-state index contributed by atoms with van der Waals surface area (Å²) in [6, 6.07) is 8.90. The quantitative estimate of drug-likeness (QED) is 0.585. The molecule has 0 fully saturated rings. The topological polar surface area (TPSA) is 117 Å². The number of carbonyl (C=O) groups excluding carboxylic acids is 3. The first-order valence-electron chi connectivity index (χ1n) is 9.07. The van der Waals surface area contributed by atoms with Crippen molar-refractivity contribution in [1.29, 1.82) is 0 Å². The average Bonchev–Trinajstić information content (AvgIpc) is 2.76. The second kappa shape index (κ2) is 10.5. The highest BCUT2D eigenvalue weighted by atomic mass is 32.2. The van der Waals surface area contributed by atoms with Crippen molar-refractivity contribution < 1.29 is 28.6 Å². The predicted molar refractivity (Wildman–Crippen MR) is 113 cm³/mol. The summed E-state index contributed by atoms with van der Waals surface area (Å²) in [5.41, 5.74) is 5.82. The van der Waals surface area contributed by atoms with Crippen molar-refractivity contribution in [3.63, 3.8) is 0 Å². The van der Waals surface area contributed by atoms with Crippen LogP contribution in [-0.4, -0.2) is 44.3 Å². The molecule has 3 N–H and O–H groups in total. The van der Waals surface area contributed by atoms with Gasteiger partial charge in [-0.1, -0.05) is 19.1 Å². The molecule has 0 aliphatic heterocycles. The van der Waals surface area contributed by atoms with Gasteiger partial charge in [0.1, 0.15) is 11.8 Å². The van der Waals surface area contributed by atoms with Crippen molar-refractivity contribution >= 4 is 28.7 Å². The smallest absolute Gasteiger partial charge is 0.253 e. The van der Waals surface area contributed by atoms with E-state index in [1.165, 1.54) is 27.4 Å². The van der Waals surface area contributed by atoms with Gasteiger partial charge in [-0.3, -0.25) is 14.4 Å². The Balaban J connectivity index is 2.35. The molecule has 0 spiro atoms. The van der Waals surface area contributed by atoms with Gasteiger partial charge in [0.15, 0.2) is 11.5 Å². The first kappa shape index (κ1) is 23.1. The molecule has 0 unspecified atom stereocenters. The van der Waals surface area contributed by atoms with Crippen LogP contribution in [0.25, 0.3) is 0 Å². The van der Waals surface area contributed by atoms with E-state index >= 15 is 0 Å². The molecule has 9 heteroatoms. The number of amides is 2. The maximum Gasteiger partial charge on any atom is 0.253 e. The normalized spacial score (nSPS) is 11.3. The van der Waals surface area contributed by atoms with Crippen LogP contribution in [0.5, 0.6) is 17.2 Å². The van der Waals surface area contributed by atoms with Crippen LogP contribution >= 0.6 is 11.8 Å². The molecule has 2 aromatic carbocycles. The SMILES string of the molecule is CC[C@H](NC(=O)c1ccccc1SC(=O)c1cc(OC)c(OC)cc1OC)C(N)=O. The Morgan fingerprint density at radius 2 is 1.57 bits per heavy atom. The minimum atomic E-state index is -0.794. The summed E-state index contributed by atoms with van der Waals surface area (Å²) in [5.74, 6) is -0.00179. The van der Waals surface area contributed by atoms with Gasteiger partial charge in [-0.15, -0.1) is 0 Å². The summed E-state index contributed by atoms with van der Waals surface area (Å²) in [6.45, 7) is 1.74. The summed E-state index contributed by atoms with van der Waals surface area (Å²) in [4.78, 5) is 37.5. The minimum Gasteiger partial charge on any atom is -0.496 e. The van der Waals surface area contributed by atoms with Crippen LogP contribution < -0.4 is 25.3 Å². The van der Waals surface area contributed by atoms with Crippen molar-refractivity contribution in [3.05, 3.63) is 47.5 Å². The van der Waals surface area contributed by atoms with Crippen LogP contribution in [0.15, 0.2) is 41.3 Å². The Hall–Kier alpha value is -3.20. The molecule has 0 aromatic heterocycles. The molecular formula is C21H24N2O6S. The predicted octanol–water partition coefficient (Wildman–Crippen LogP) is 2.64. The van der Waals surface area contributed by atoms with E-state index in [-0.39, 0.29) is 16.2 Å². The van der Waals surface area contributed by atoms with Crippen LogP contribution in [0.1, 0.15) is 34.1 Å². The molecular weight excluding hydrogens is 408 g/mol. The molecule has 0 aliphatic rings. The van der Waals surface area contributed by atoms with Gasteiger partial charge in [0.2, 0.25) is 11.0 Å². The van der Waals surface area contributed by atoms with Crippen molar-refractivity contribution in [1.82, 2.24) is 5.32 Å². The van der Waals surface area contributed by atoms with Crippen molar-refractivity contribution in [2.45, 2.75) is 24.3 Å². The second-order valence-electron chi connectivity index (χ2n) is 6.13. The average molecular weight is 432 g/mol.